The Morgan fingerprint density at radius 3 is 1.35 bits per heavy atom. The minimum Gasteiger partial charge on any atom is -0.381 e. The molecular weight excluding hydrogens is 284 g/mol. The number of rotatable bonds is 17. The van der Waals surface area contributed by atoms with Crippen LogP contribution in [0.2, 0.25) is 0 Å². The van der Waals surface area contributed by atoms with Crippen LogP contribution in [0.4, 0.5) is 0 Å². The van der Waals surface area contributed by atoms with Crippen LogP contribution in [0.3, 0.4) is 0 Å². The van der Waals surface area contributed by atoms with Gasteiger partial charge in [0.1, 0.15) is 0 Å². The SMILES string of the molecule is CCCCCCCCN.CCCCOCCCCCCCCN. The van der Waals surface area contributed by atoms with Gasteiger partial charge in [-0.3, -0.25) is 0 Å². The van der Waals surface area contributed by atoms with Gasteiger partial charge in [0.2, 0.25) is 0 Å². The zero-order chi connectivity index (χ0) is 17.4. The van der Waals surface area contributed by atoms with Crippen LogP contribution in [0.5, 0.6) is 0 Å². The molecule has 0 radical (unpaired) electrons. The van der Waals surface area contributed by atoms with E-state index in [9.17, 15) is 0 Å². The minimum absolute atomic E-state index is 0.847. The highest BCUT2D eigenvalue weighted by Crippen LogP contribution is 2.05. The van der Waals surface area contributed by atoms with E-state index >= 15 is 0 Å². The smallest absolute Gasteiger partial charge is 0.0466 e. The molecule has 0 aromatic carbocycles. The molecule has 0 aromatic heterocycles. The maximum atomic E-state index is 5.48. The van der Waals surface area contributed by atoms with Crippen molar-refractivity contribution < 1.29 is 4.74 Å². The van der Waals surface area contributed by atoms with Crippen molar-refractivity contribution in [2.75, 3.05) is 26.3 Å². The van der Waals surface area contributed by atoms with Crippen molar-refractivity contribution >= 4 is 0 Å². The number of unbranched alkanes of at least 4 members (excludes halogenated alkanes) is 11. The van der Waals surface area contributed by atoms with Crippen molar-refractivity contribution in [3.05, 3.63) is 0 Å². The first-order valence-corrected chi connectivity index (χ1v) is 10.3. The highest BCUT2D eigenvalue weighted by molar-refractivity contribution is 4.46. The van der Waals surface area contributed by atoms with Crippen molar-refractivity contribution in [1.82, 2.24) is 0 Å². The summed E-state index contributed by atoms with van der Waals surface area (Å²) < 4.78 is 5.48. The Morgan fingerprint density at radius 1 is 0.478 bits per heavy atom. The second-order valence-electron chi connectivity index (χ2n) is 6.43. The molecule has 0 aromatic rings. The van der Waals surface area contributed by atoms with Crippen LogP contribution < -0.4 is 11.5 Å². The maximum absolute atomic E-state index is 5.48. The van der Waals surface area contributed by atoms with E-state index < -0.39 is 0 Å². The lowest BCUT2D eigenvalue weighted by atomic mass is 10.1. The van der Waals surface area contributed by atoms with Crippen LogP contribution in [0.15, 0.2) is 0 Å². The van der Waals surface area contributed by atoms with Gasteiger partial charge in [0, 0.05) is 13.2 Å². The van der Waals surface area contributed by atoms with E-state index in [-0.39, 0.29) is 0 Å². The third kappa shape index (κ3) is 30.3. The molecule has 0 atom stereocenters. The topological polar surface area (TPSA) is 61.3 Å². The van der Waals surface area contributed by atoms with Crippen LogP contribution in [0.25, 0.3) is 0 Å². The molecule has 142 valence electrons. The Balaban J connectivity index is 0. The Morgan fingerprint density at radius 2 is 0.870 bits per heavy atom. The molecule has 3 heteroatoms. The van der Waals surface area contributed by atoms with E-state index in [1.165, 1.54) is 89.9 Å². The van der Waals surface area contributed by atoms with Crippen molar-refractivity contribution in [3.63, 3.8) is 0 Å². The minimum atomic E-state index is 0.847. The van der Waals surface area contributed by atoms with Crippen LogP contribution in [0.1, 0.15) is 104 Å². The summed E-state index contributed by atoms with van der Waals surface area (Å²) in [7, 11) is 0. The third-order valence-electron chi connectivity index (χ3n) is 3.94. The van der Waals surface area contributed by atoms with Crippen LogP contribution in [0, 0.1) is 0 Å². The fourth-order valence-corrected chi connectivity index (χ4v) is 2.33. The molecule has 0 aliphatic carbocycles. The van der Waals surface area contributed by atoms with Gasteiger partial charge in [0.25, 0.3) is 0 Å². The predicted molar refractivity (Wildman–Crippen MR) is 105 cm³/mol. The van der Waals surface area contributed by atoms with E-state index in [1.807, 2.05) is 0 Å². The van der Waals surface area contributed by atoms with Crippen molar-refractivity contribution in [3.8, 4) is 0 Å². The Kier molecular flexibility index (Phi) is 29.2. The molecule has 4 N–H and O–H groups in total. The van der Waals surface area contributed by atoms with Gasteiger partial charge < -0.3 is 16.2 Å². The summed E-state index contributed by atoms with van der Waals surface area (Å²) in [6.07, 6.45) is 18.2. The average Bonchev–Trinajstić information content (AvgIpc) is 2.57. The van der Waals surface area contributed by atoms with E-state index in [4.69, 9.17) is 16.2 Å². The summed E-state index contributed by atoms with van der Waals surface area (Å²) in [5, 5.41) is 0. The van der Waals surface area contributed by atoms with Gasteiger partial charge in [-0.1, -0.05) is 78.1 Å². The Hall–Kier alpha value is -0.120. The predicted octanol–water partition coefficient (Wildman–Crippen LogP) is 5.41. The molecule has 0 rings (SSSR count). The van der Waals surface area contributed by atoms with Gasteiger partial charge in [0.05, 0.1) is 0 Å². The zero-order valence-electron chi connectivity index (χ0n) is 16.3. The van der Waals surface area contributed by atoms with E-state index in [2.05, 4.69) is 13.8 Å². The highest BCUT2D eigenvalue weighted by atomic mass is 16.5. The van der Waals surface area contributed by atoms with Gasteiger partial charge in [-0.2, -0.15) is 0 Å². The first kappa shape index (κ1) is 25.1. The van der Waals surface area contributed by atoms with Crippen molar-refractivity contribution in [2.24, 2.45) is 11.5 Å². The standard InChI is InChI=1S/C12H27NO.C8H19N/c1-2-3-11-14-12-9-7-5-4-6-8-10-13;1-2-3-4-5-6-7-8-9/h2-13H2,1H3;2-9H2,1H3. The molecule has 0 unspecified atom stereocenters. The molecule has 3 nitrogen and oxygen atoms in total. The largest absolute Gasteiger partial charge is 0.381 e. The molecule has 0 saturated carbocycles. The van der Waals surface area contributed by atoms with Crippen LogP contribution in [-0.2, 0) is 4.74 Å². The quantitative estimate of drug-likeness (QED) is 0.351. The monoisotopic (exact) mass is 330 g/mol. The number of hydrogen-bond acceptors (Lipinski definition) is 3. The summed E-state index contributed by atoms with van der Waals surface area (Å²) in [4.78, 5) is 0. The zero-order valence-corrected chi connectivity index (χ0v) is 16.3. The second kappa shape index (κ2) is 26.8. The third-order valence-corrected chi connectivity index (χ3v) is 3.94. The summed E-state index contributed by atoms with van der Waals surface area (Å²) in [6.45, 7) is 8.05. The number of ether oxygens (including phenoxy) is 1. The normalized spacial score (nSPS) is 10.4. The second-order valence-corrected chi connectivity index (χ2v) is 6.43. The van der Waals surface area contributed by atoms with Gasteiger partial charge in [-0.15, -0.1) is 0 Å². The molecule has 0 saturated heterocycles. The molecule has 23 heavy (non-hydrogen) atoms. The number of nitrogens with two attached hydrogens (primary N) is 2. The Bertz CT molecular complexity index is 159. The van der Waals surface area contributed by atoms with Gasteiger partial charge in [0.15, 0.2) is 0 Å². The Labute approximate surface area is 146 Å². The van der Waals surface area contributed by atoms with Gasteiger partial charge in [-0.25, -0.2) is 0 Å². The molecule has 0 heterocycles. The lowest BCUT2D eigenvalue weighted by molar-refractivity contribution is 0.127. The first-order valence-electron chi connectivity index (χ1n) is 10.3. The molecule has 0 fully saturated rings. The fraction of sp³-hybridized carbons (Fsp3) is 1.00. The fourth-order valence-electron chi connectivity index (χ4n) is 2.33. The van der Waals surface area contributed by atoms with Crippen molar-refractivity contribution in [2.45, 2.75) is 104 Å². The lowest BCUT2D eigenvalue weighted by Crippen LogP contribution is -1.98. The first-order chi connectivity index (χ1) is 11.3. The summed E-state index contributed by atoms with van der Waals surface area (Å²) in [6, 6.07) is 0. The molecule has 0 amide bonds. The van der Waals surface area contributed by atoms with Crippen LogP contribution in [-0.4, -0.2) is 26.3 Å². The lowest BCUT2D eigenvalue weighted by Gasteiger charge is -2.03. The number of hydrogen-bond donors (Lipinski definition) is 2. The van der Waals surface area contributed by atoms with Gasteiger partial charge in [-0.05, 0) is 38.8 Å². The maximum Gasteiger partial charge on any atom is 0.0466 e. The van der Waals surface area contributed by atoms with E-state index in [1.54, 1.807) is 0 Å². The average molecular weight is 331 g/mol. The van der Waals surface area contributed by atoms with Crippen molar-refractivity contribution in [1.29, 1.82) is 0 Å². The van der Waals surface area contributed by atoms with E-state index in [0.29, 0.717) is 0 Å². The molecule has 0 aliphatic heterocycles. The molecular formula is C20H46N2O. The summed E-state index contributed by atoms with van der Waals surface area (Å²) >= 11 is 0. The van der Waals surface area contributed by atoms with Crippen LogP contribution >= 0.6 is 0 Å². The molecule has 0 spiro atoms. The van der Waals surface area contributed by atoms with E-state index in [0.717, 1.165) is 26.3 Å². The highest BCUT2D eigenvalue weighted by Gasteiger charge is 1.91. The summed E-state index contributed by atoms with van der Waals surface area (Å²) in [5.41, 5.74) is 10.8. The summed E-state index contributed by atoms with van der Waals surface area (Å²) in [5.74, 6) is 0. The molecule has 0 bridgehead atoms. The molecule has 0 aliphatic rings. The van der Waals surface area contributed by atoms with Gasteiger partial charge >= 0.3 is 0 Å².